The molecule has 1 unspecified atom stereocenters. The predicted molar refractivity (Wildman–Crippen MR) is 82.4 cm³/mol. The van der Waals surface area contributed by atoms with Crippen molar-refractivity contribution in [3.8, 4) is 0 Å². The summed E-state index contributed by atoms with van der Waals surface area (Å²) in [6.45, 7) is 2.95. The fourth-order valence-electron chi connectivity index (χ4n) is 2.68. The van der Waals surface area contributed by atoms with Crippen LogP contribution in [-0.2, 0) is 16.1 Å². The molecule has 1 atom stereocenters. The standard InChI is InChI=1S/C16H20F2N2O3/c1-10-4-3-5-14(10)23-11(2)13-6-12(19-9-21)7-20(16(13)22)8-15(17)18/h6-7,9,11,15H,3-5,8H2,1-2H3,(H,19,21). The minimum absolute atomic E-state index is 0.240. The van der Waals surface area contributed by atoms with Gasteiger partial charge in [0.1, 0.15) is 6.10 Å². The molecule has 1 aliphatic carbocycles. The summed E-state index contributed by atoms with van der Waals surface area (Å²) in [4.78, 5) is 23.0. The molecule has 2 rings (SSSR count). The summed E-state index contributed by atoms with van der Waals surface area (Å²) >= 11 is 0. The van der Waals surface area contributed by atoms with Crippen LogP contribution in [0, 0.1) is 0 Å². The third kappa shape index (κ3) is 4.18. The van der Waals surface area contributed by atoms with Gasteiger partial charge in [-0.3, -0.25) is 9.59 Å². The SMILES string of the molecule is CC1=C(OC(C)c2cc(NC=O)cn(CC(F)F)c2=O)CCC1. The van der Waals surface area contributed by atoms with Gasteiger partial charge in [0.25, 0.3) is 12.0 Å². The highest BCUT2D eigenvalue weighted by Crippen LogP contribution is 2.30. The number of anilines is 1. The summed E-state index contributed by atoms with van der Waals surface area (Å²) in [6, 6.07) is 1.47. The van der Waals surface area contributed by atoms with Crippen molar-refractivity contribution in [2.45, 2.75) is 52.2 Å². The lowest BCUT2D eigenvalue weighted by molar-refractivity contribution is -0.105. The maximum Gasteiger partial charge on any atom is 0.257 e. The molecule has 1 N–H and O–H groups in total. The number of rotatable bonds is 7. The molecule has 0 bridgehead atoms. The number of pyridine rings is 1. The van der Waals surface area contributed by atoms with Crippen LogP contribution in [0.15, 0.2) is 28.4 Å². The lowest BCUT2D eigenvalue weighted by Gasteiger charge is -2.18. The van der Waals surface area contributed by atoms with Gasteiger partial charge in [-0.2, -0.15) is 0 Å². The van der Waals surface area contributed by atoms with Crippen LogP contribution >= 0.6 is 0 Å². The largest absolute Gasteiger partial charge is 0.490 e. The fraction of sp³-hybridized carbons (Fsp3) is 0.500. The summed E-state index contributed by atoms with van der Waals surface area (Å²) < 4.78 is 32.0. The average Bonchev–Trinajstić information content (AvgIpc) is 2.87. The maximum atomic E-state index is 12.6. The van der Waals surface area contributed by atoms with Gasteiger partial charge < -0.3 is 14.6 Å². The highest BCUT2D eigenvalue weighted by molar-refractivity contribution is 5.70. The van der Waals surface area contributed by atoms with E-state index in [0.717, 1.165) is 35.2 Å². The van der Waals surface area contributed by atoms with Crippen LogP contribution in [0.25, 0.3) is 0 Å². The molecule has 1 heterocycles. The molecule has 7 heteroatoms. The number of allylic oxidation sites excluding steroid dienone is 2. The van der Waals surface area contributed by atoms with Crippen LogP contribution < -0.4 is 10.9 Å². The summed E-state index contributed by atoms with van der Waals surface area (Å²) in [7, 11) is 0. The Balaban J connectivity index is 2.35. The lowest BCUT2D eigenvalue weighted by atomic mass is 10.1. The molecule has 1 amide bonds. The van der Waals surface area contributed by atoms with Crippen molar-refractivity contribution in [3.05, 3.63) is 39.5 Å². The number of ether oxygens (including phenoxy) is 1. The van der Waals surface area contributed by atoms with Crippen molar-refractivity contribution >= 4 is 12.1 Å². The molecule has 1 aromatic heterocycles. The summed E-state index contributed by atoms with van der Waals surface area (Å²) in [5, 5.41) is 2.39. The molecule has 0 radical (unpaired) electrons. The first-order chi connectivity index (χ1) is 10.9. The fourth-order valence-corrected chi connectivity index (χ4v) is 2.68. The van der Waals surface area contributed by atoms with Crippen LogP contribution in [0.1, 0.15) is 44.8 Å². The van der Waals surface area contributed by atoms with Crippen molar-refractivity contribution in [3.63, 3.8) is 0 Å². The Morgan fingerprint density at radius 3 is 2.74 bits per heavy atom. The lowest BCUT2D eigenvalue weighted by Crippen LogP contribution is -2.28. The van der Waals surface area contributed by atoms with Crippen molar-refractivity contribution in [2.75, 3.05) is 5.32 Å². The first-order valence-corrected chi connectivity index (χ1v) is 7.50. The number of carbonyl (C=O) groups is 1. The van der Waals surface area contributed by atoms with Crippen LogP contribution in [-0.4, -0.2) is 17.4 Å². The van der Waals surface area contributed by atoms with E-state index in [4.69, 9.17) is 4.74 Å². The van der Waals surface area contributed by atoms with Crippen LogP contribution in [0.2, 0.25) is 0 Å². The molecular weight excluding hydrogens is 306 g/mol. The second-order valence-electron chi connectivity index (χ2n) is 5.61. The van der Waals surface area contributed by atoms with E-state index in [0.29, 0.717) is 6.41 Å². The number of nitrogens with one attached hydrogen (secondary N) is 1. The van der Waals surface area contributed by atoms with E-state index in [1.165, 1.54) is 12.3 Å². The number of carbonyl (C=O) groups excluding carboxylic acids is 1. The minimum atomic E-state index is -2.66. The number of hydrogen-bond acceptors (Lipinski definition) is 3. The second kappa shape index (κ2) is 7.39. The van der Waals surface area contributed by atoms with Crippen LogP contribution in [0.3, 0.4) is 0 Å². The van der Waals surface area contributed by atoms with Gasteiger partial charge in [-0.05, 0) is 38.3 Å². The third-order valence-electron chi connectivity index (χ3n) is 3.86. The van der Waals surface area contributed by atoms with E-state index >= 15 is 0 Å². The number of halogens is 2. The van der Waals surface area contributed by atoms with Gasteiger partial charge in [-0.15, -0.1) is 0 Å². The quantitative estimate of drug-likeness (QED) is 0.783. The molecule has 0 spiro atoms. The highest BCUT2D eigenvalue weighted by atomic mass is 19.3. The van der Waals surface area contributed by atoms with Gasteiger partial charge in [0, 0.05) is 12.6 Å². The zero-order chi connectivity index (χ0) is 17.0. The van der Waals surface area contributed by atoms with Gasteiger partial charge in [0.05, 0.1) is 23.6 Å². The monoisotopic (exact) mass is 326 g/mol. The number of amides is 1. The average molecular weight is 326 g/mol. The normalized spacial score (nSPS) is 15.9. The van der Waals surface area contributed by atoms with Gasteiger partial charge in [-0.1, -0.05) is 0 Å². The molecular formula is C16H20F2N2O3. The molecule has 1 aromatic rings. The van der Waals surface area contributed by atoms with E-state index < -0.39 is 24.6 Å². The first kappa shape index (κ1) is 17.2. The topological polar surface area (TPSA) is 60.3 Å². The highest BCUT2D eigenvalue weighted by Gasteiger charge is 2.20. The van der Waals surface area contributed by atoms with E-state index in [2.05, 4.69) is 5.32 Å². The zero-order valence-electron chi connectivity index (χ0n) is 13.1. The molecule has 23 heavy (non-hydrogen) atoms. The van der Waals surface area contributed by atoms with E-state index in [1.54, 1.807) is 6.92 Å². The Kier molecular flexibility index (Phi) is 5.52. The van der Waals surface area contributed by atoms with E-state index in [-0.39, 0.29) is 11.3 Å². The maximum absolute atomic E-state index is 12.6. The second-order valence-corrected chi connectivity index (χ2v) is 5.61. The summed E-state index contributed by atoms with van der Waals surface area (Å²) in [5.41, 5.74) is 1.13. The molecule has 0 fully saturated rings. The Morgan fingerprint density at radius 1 is 1.43 bits per heavy atom. The number of nitrogens with zero attached hydrogens (tertiary/aromatic N) is 1. The summed E-state index contributed by atoms with van der Waals surface area (Å²) in [6.07, 6.45) is 1.19. The number of hydrogen-bond donors (Lipinski definition) is 1. The molecule has 5 nitrogen and oxygen atoms in total. The molecule has 126 valence electrons. The molecule has 0 aromatic carbocycles. The van der Waals surface area contributed by atoms with Gasteiger partial charge in [0.15, 0.2) is 0 Å². The minimum Gasteiger partial charge on any atom is -0.490 e. The zero-order valence-corrected chi connectivity index (χ0v) is 13.1. The van der Waals surface area contributed by atoms with Gasteiger partial charge in [-0.25, -0.2) is 8.78 Å². The van der Waals surface area contributed by atoms with Crippen molar-refractivity contribution in [1.82, 2.24) is 4.57 Å². The first-order valence-electron chi connectivity index (χ1n) is 7.50. The Bertz CT molecular complexity index is 668. The predicted octanol–water partition coefficient (Wildman–Crippen LogP) is 3.22. The number of alkyl halides is 2. The van der Waals surface area contributed by atoms with E-state index in [9.17, 15) is 18.4 Å². The van der Waals surface area contributed by atoms with Crippen molar-refractivity contribution < 1.29 is 18.3 Å². The summed E-state index contributed by atoms with van der Waals surface area (Å²) in [5.74, 6) is 0.853. The Morgan fingerprint density at radius 2 is 2.17 bits per heavy atom. The van der Waals surface area contributed by atoms with E-state index in [1.807, 2.05) is 6.92 Å². The van der Waals surface area contributed by atoms with Gasteiger partial charge in [0.2, 0.25) is 6.41 Å². The molecule has 0 saturated carbocycles. The Hall–Kier alpha value is -2.18. The number of aromatic nitrogens is 1. The van der Waals surface area contributed by atoms with Crippen LogP contribution in [0.4, 0.5) is 14.5 Å². The smallest absolute Gasteiger partial charge is 0.257 e. The van der Waals surface area contributed by atoms with Crippen molar-refractivity contribution in [1.29, 1.82) is 0 Å². The molecule has 0 saturated heterocycles. The van der Waals surface area contributed by atoms with Crippen molar-refractivity contribution in [2.24, 2.45) is 0 Å². The van der Waals surface area contributed by atoms with Crippen LogP contribution in [0.5, 0.6) is 0 Å². The van der Waals surface area contributed by atoms with Gasteiger partial charge >= 0.3 is 0 Å². The Labute approximate surface area is 132 Å². The molecule has 1 aliphatic rings. The molecule has 0 aliphatic heterocycles. The third-order valence-corrected chi connectivity index (χ3v) is 3.86.